The van der Waals surface area contributed by atoms with E-state index >= 15 is 0 Å². The Bertz CT molecular complexity index is 433. The fraction of sp³-hybridized carbons (Fsp3) is 0.200. The summed E-state index contributed by atoms with van der Waals surface area (Å²) in [7, 11) is 0. The lowest BCUT2D eigenvalue weighted by Gasteiger charge is -2.05. The van der Waals surface area contributed by atoms with Crippen molar-refractivity contribution in [3.8, 4) is 5.82 Å². The number of rotatable bonds is 2. The summed E-state index contributed by atoms with van der Waals surface area (Å²) in [6.45, 7) is 2.06. The van der Waals surface area contributed by atoms with E-state index in [-0.39, 0.29) is 0 Å². The number of aromatic nitrogens is 3. The topological polar surface area (TPSA) is 56.7 Å². The van der Waals surface area contributed by atoms with Crippen LogP contribution in [0.4, 0.5) is 5.82 Å². The van der Waals surface area contributed by atoms with E-state index in [1.165, 1.54) is 0 Å². The van der Waals surface area contributed by atoms with Gasteiger partial charge in [-0.3, -0.25) is 4.57 Å². The molecule has 2 aromatic heterocycles. The Hall–Kier alpha value is -1.84. The molecule has 0 aliphatic heterocycles. The average Bonchev–Trinajstić information content (AvgIpc) is 2.65. The Labute approximate surface area is 82.4 Å². The summed E-state index contributed by atoms with van der Waals surface area (Å²) in [4.78, 5) is 8.45. The van der Waals surface area contributed by atoms with Crippen molar-refractivity contribution in [2.24, 2.45) is 0 Å². The molecular weight excluding hydrogens is 176 g/mol. The van der Waals surface area contributed by atoms with Gasteiger partial charge in [-0.15, -0.1) is 0 Å². The molecule has 0 radical (unpaired) electrons. The summed E-state index contributed by atoms with van der Waals surface area (Å²) in [6.07, 6.45) is 4.54. The molecule has 0 spiro atoms. The van der Waals surface area contributed by atoms with Crippen LogP contribution in [-0.4, -0.2) is 14.5 Å². The van der Waals surface area contributed by atoms with E-state index in [1.54, 1.807) is 12.3 Å². The molecule has 0 unspecified atom stereocenters. The molecule has 2 N–H and O–H groups in total. The van der Waals surface area contributed by atoms with E-state index in [1.807, 2.05) is 22.9 Å². The molecule has 0 saturated carbocycles. The van der Waals surface area contributed by atoms with Crippen molar-refractivity contribution in [1.29, 1.82) is 0 Å². The van der Waals surface area contributed by atoms with E-state index < -0.39 is 0 Å². The van der Waals surface area contributed by atoms with Gasteiger partial charge < -0.3 is 5.73 Å². The summed E-state index contributed by atoms with van der Waals surface area (Å²) >= 11 is 0. The Balaban J connectivity index is 2.49. The second kappa shape index (κ2) is 3.49. The molecule has 0 aliphatic rings. The van der Waals surface area contributed by atoms with Gasteiger partial charge in [0.15, 0.2) is 0 Å². The molecule has 0 aliphatic carbocycles. The lowest BCUT2D eigenvalue weighted by atomic mass is 10.4. The smallest absolute Gasteiger partial charge is 0.140 e. The van der Waals surface area contributed by atoms with Gasteiger partial charge in [0.2, 0.25) is 0 Å². The highest BCUT2D eigenvalue weighted by atomic mass is 15.1. The molecule has 2 aromatic rings. The monoisotopic (exact) mass is 188 g/mol. The second-order valence-corrected chi connectivity index (χ2v) is 2.99. The first-order valence-electron chi connectivity index (χ1n) is 4.56. The second-order valence-electron chi connectivity index (χ2n) is 2.99. The largest absolute Gasteiger partial charge is 0.384 e. The zero-order valence-electron chi connectivity index (χ0n) is 8.01. The minimum atomic E-state index is 0.526. The van der Waals surface area contributed by atoms with E-state index in [0.29, 0.717) is 5.82 Å². The number of nitrogens with two attached hydrogens (primary N) is 1. The van der Waals surface area contributed by atoms with Gasteiger partial charge >= 0.3 is 0 Å². The average molecular weight is 188 g/mol. The summed E-state index contributed by atoms with van der Waals surface area (Å²) in [6, 6.07) is 5.57. The van der Waals surface area contributed by atoms with Crippen LogP contribution in [0.25, 0.3) is 5.82 Å². The number of hydrogen-bond acceptors (Lipinski definition) is 3. The lowest BCUT2D eigenvalue weighted by molar-refractivity contribution is 0.869. The molecule has 4 heteroatoms. The summed E-state index contributed by atoms with van der Waals surface area (Å²) < 4.78 is 1.94. The van der Waals surface area contributed by atoms with E-state index in [4.69, 9.17) is 5.73 Å². The maximum Gasteiger partial charge on any atom is 0.140 e. The van der Waals surface area contributed by atoms with Gasteiger partial charge in [0.05, 0.1) is 0 Å². The van der Waals surface area contributed by atoms with Crippen LogP contribution in [0, 0.1) is 0 Å². The van der Waals surface area contributed by atoms with E-state index in [2.05, 4.69) is 16.9 Å². The van der Waals surface area contributed by atoms with Gasteiger partial charge in [-0.1, -0.05) is 13.0 Å². The van der Waals surface area contributed by atoms with Gasteiger partial charge in [0.25, 0.3) is 0 Å². The third-order valence-electron chi connectivity index (χ3n) is 2.04. The SMILES string of the molecule is CCc1nccn1-c1cccc(N)n1. The number of pyridine rings is 1. The Kier molecular flexibility index (Phi) is 2.18. The van der Waals surface area contributed by atoms with Crippen molar-refractivity contribution in [3.63, 3.8) is 0 Å². The fourth-order valence-electron chi connectivity index (χ4n) is 1.38. The maximum atomic E-state index is 5.61. The molecule has 14 heavy (non-hydrogen) atoms. The Morgan fingerprint density at radius 2 is 2.29 bits per heavy atom. The highest BCUT2D eigenvalue weighted by molar-refractivity contribution is 5.35. The normalized spacial score (nSPS) is 10.4. The third-order valence-corrected chi connectivity index (χ3v) is 2.04. The van der Waals surface area contributed by atoms with Crippen molar-refractivity contribution < 1.29 is 0 Å². The van der Waals surface area contributed by atoms with Gasteiger partial charge in [-0.2, -0.15) is 0 Å². The van der Waals surface area contributed by atoms with Crippen LogP contribution in [0.15, 0.2) is 30.6 Å². The van der Waals surface area contributed by atoms with Crippen LogP contribution in [0.5, 0.6) is 0 Å². The first-order chi connectivity index (χ1) is 6.81. The molecule has 2 rings (SSSR count). The predicted octanol–water partition coefficient (Wildman–Crippen LogP) is 1.41. The van der Waals surface area contributed by atoms with Crippen molar-refractivity contribution >= 4 is 5.82 Å². The molecular formula is C10H12N4. The molecule has 0 saturated heterocycles. The summed E-state index contributed by atoms with van der Waals surface area (Å²) in [5.74, 6) is 2.33. The Morgan fingerprint density at radius 1 is 1.43 bits per heavy atom. The van der Waals surface area contributed by atoms with Crippen molar-refractivity contribution in [3.05, 3.63) is 36.4 Å². The van der Waals surface area contributed by atoms with Crippen LogP contribution >= 0.6 is 0 Å². The standard InChI is InChI=1S/C10H12N4/c1-2-9-12-6-7-14(9)10-5-3-4-8(11)13-10/h3-7H,2H2,1H3,(H2,11,13). The molecule has 0 amide bonds. The number of nitrogens with zero attached hydrogens (tertiary/aromatic N) is 3. The molecule has 0 fully saturated rings. The minimum Gasteiger partial charge on any atom is -0.384 e. The maximum absolute atomic E-state index is 5.61. The number of hydrogen-bond donors (Lipinski definition) is 1. The number of nitrogen functional groups attached to an aromatic ring is 1. The molecule has 0 atom stereocenters. The van der Waals surface area contributed by atoms with Crippen LogP contribution in [0.3, 0.4) is 0 Å². The number of anilines is 1. The number of aryl methyl sites for hydroxylation is 1. The van der Waals surface area contributed by atoms with E-state index in [0.717, 1.165) is 18.1 Å². The van der Waals surface area contributed by atoms with Gasteiger partial charge in [0, 0.05) is 18.8 Å². The molecule has 0 bridgehead atoms. The fourth-order valence-corrected chi connectivity index (χ4v) is 1.38. The first kappa shape index (κ1) is 8.74. The zero-order valence-corrected chi connectivity index (χ0v) is 8.01. The lowest BCUT2D eigenvalue weighted by Crippen LogP contribution is -2.02. The van der Waals surface area contributed by atoms with Crippen molar-refractivity contribution in [1.82, 2.24) is 14.5 Å². The van der Waals surface area contributed by atoms with Gasteiger partial charge in [-0.25, -0.2) is 9.97 Å². The summed E-state index contributed by atoms with van der Waals surface area (Å²) in [5, 5.41) is 0. The van der Waals surface area contributed by atoms with Gasteiger partial charge in [-0.05, 0) is 12.1 Å². The predicted molar refractivity (Wildman–Crippen MR) is 55.1 cm³/mol. The highest BCUT2D eigenvalue weighted by Gasteiger charge is 2.03. The molecule has 2 heterocycles. The summed E-state index contributed by atoms with van der Waals surface area (Å²) in [5.41, 5.74) is 5.61. The highest BCUT2D eigenvalue weighted by Crippen LogP contribution is 2.09. The van der Waals surface area contributed by atoms with Gasteiger partial charge in [0.1, 0.15) is 17.5 Å². The van der Waals surface area contributed by atoms with E-state index in [9.17, 15) is 0 Å². The Morgan fingerprint density at radius 3 is 3.00 bits per heavy atom. The van der Waals surface area contributed by atoms with Crippen LogP contribution in [0.1, 0.15) is 12.7 Å². The molecule has 0 aromatic carbocycles. The minimum absolute atomic E-state index is 0.526. The van der Waals surface area contributed by atoms with Crippen LogP contribution < -0.4 is 5.73 Å². The molecule has 72 valence electrons. The van der Waals surface area contributed by atoms with Crippen LogP contribution in [-0.2, 0) is 6.42 Å². The van der Waals surface area contributed by atoms with Crippen LogP contribution in [0.2, 0.25) is 0 Å². The van der Waals surface area contributed by atoms with Crippen molar-refractivity contribution in [2.75, 3.05) is 5.73 Å². The van der Waals surface area contributed by atoms with Crippen molar-refractivity contribution in [2.45, 2.75) is 13.3 Å². The number of imidazole rings is 1. The molecule has 4 nitrogen and oxygen atoms in total. The zero-order chi connectivity index (χ0) is 9.97. The quantitative estimate of drug-likeness (QED) is 0.775. The third kappa shape index (κ3) is 1.46. The first-order valence-corrected chi connectivity index (χ1v) is 4.56.